The summed E-state index contributed by atoms with van der Waals surface area (Å²) in [5, 5.41) is 8.48. The van der Waals surface area contributed by atoms with E-state index < -0.39 is 5.97 Å². The van der Waals surface area contributed by atoms with Crippen molar-refractivity contribution in [3.63, 3.8) is 0 Å². The van der Waals surface area contributed by atoms with E-state index in [0.717, 1.165) is 11.1 Å². The number of hydrogen-bond donors (Lipinski definition) is 2. The second kappa shape index (κ2) is 6.40. The van der Waals surface area contributed by atoms with E-state index in [1.165, 1.54) is 0 Å². The molecule has 1 rings (SSSR count). The molecule has 0 saturated heterocycles. The van der Waals surface area contributed by atoms with Gasteiger partial charge in [-0.25, -0.2) is 0 Å². The molecule has 0 aliphatic rings. The third-order valence-corrected chi connectivity index (χ3v) is 1.85. The van der Waals surface area contributed by atoms with Gasteiger partial charge in [0.1, 0.15) is 0 Å². The lowest BCUT2D eigenvalue weighted by Gasteiger charge is -2.01. The van der Waals surface area contributed by atoms with E-state index in [1.807, 2.05) is 24.3 Å². The summed E-state index contributed by atoms with van der Waals surface area (Å²) in [6.45, 7) is 0.501. The maximum atomic E-state index is 10.3. The fraction of sp³-hybridized carbons (Fsp3) is 0.300. The minimum Gasteiger partial charge on any atom is -0.481 e. The molecule has 0 aliphatic heterocycles. The Morgan fingerprint density at radius 2 is 2.00 bits per heavy atom. The molecule has 78 valence electrons. The first kappa shape index (κ1) is 12.9. The molecule has 0 unspecified atom stereocenters. The van der Waals surface area contributed by atoms with Gasteiger partial charge in [-0.3, -0.25) is 4.79 Å². The molecule has 3 nitrogen and oxygen atoms in total. The van der Waals surface area contributed by atoms with Crippen molar-refractivity contribution in [2.24, 2.45) is 5.73 Å². The van der Waals surface area contributed by atoms with Gasteiger partial charge in [-0.2, -0.15) is 0 Å². The zero-order valence-corrected chi connectivity index (χ0v) is 8.59. The van der Waals surface area contributed by atoms with Crippen LogP contribution in [0.15, 0.2) is 24.3 Å². The quantitative estimate of drug-likeness (QED) is 0.802. The van der Waals surface area contributed by atoms with Crippen LogP contribution in [0.1, 0.15) is 17.5 Å². The highest BCUT2D eigenvalue weighted by atomic mass is 35.5. The first-order valence-electron chi connectivity index (χ1n) is 4.22. The Hall–Kier alpha value is -1.06. The van der Waals surface area contributed by atoms with Crippen molar-refractivity contribution in [1.82, 2.24) is 0 Å². The van der Waals surface area contributed by atoms with Gasteiger partial charge in [-0.1, -0.05) is 24.3 Å². The summed E-state index contributed by atoms with van der Waals surface area (Å²) in [6, 6.07) is 7.70. The highest BCUT2D eigenvalue weighted by Crippen LogP contribution is 2.06. The number of carbonyl (C=O) groups is 1. The van der Waals surface area contributed by atoms with Crippen LogP contribution in [0.2, 0.25) is 0 Å². The van der Waals surface area contributed by atoms with Crippen molar-refractivity contribution >= 4 is 18.4 Å². The van der Waals surface area contributed by atoms with Crippen LogP contribution in [0, 0.1) is 0 Å². The van der Waals surface area contributed by atoms with Crippen LogP contribution in [0.25, 0.3) is 0 Å². The second-order valence-electron chi connectivity index (χ2n) is 2.92. The third kappa shape index (κ3) is 4.25. The largest absolute Gasteiger partial charge is 0.481 e. The average Bonchev–Trinajstić information content (AvgIpc) is 2.15. The Morgan fingerprint density at radius 3 is 2.57 bits per heavy atom. The molecule has 0 fully saturated rings. The average molecular weight is 216 g/mol. The van der Waals surface area contributed by atoms with E-state index in [-0.39, 0.29) is 18.8 Å². The Labute approximate surface area is 89.3 Å². The minimum absolute atomic E-state index is 0. The second-order valence-corrected chi connectivity index (χ2v) is 2.92. The normalized spacial score (nSPS) is 9.21. The predicted octanol–water partition coefficient (Wildman–Crippen LogP) is 1.58. The van der Waals surface area contributed by atoms with E-state index in [4.69, 9.17) is 10.8 Å². The van der Waals surface area contributed by atoms with Gasteiger partial charge in [0.2, 0.25) is 0 Å². The summed E-state index contributed by atoms with van der Waals surface area (Å²) in [6.07, 6.45) is 0.747. The third-order valence-electron chi connectivity index (χ3n) is 1.85. The van der Waals surface area contributed by atoms with Crippen molar-refractivity contribution in [3.05, 3.63) is 35.4 Å². The summed E-state index contributed by atoms with van der Waals surface area (Å²) in [5.41, 5.74) is 7.54. The maximum absolute atomic E-state index is 10.3. The van der Waals surface area contributed by atoms with E-state index in [0.29, 0.717) is 13.0 Å². The highest BCUT2D eigenvalue weighted by molar-refractivity contribution is 5.85. The molecule has 0 aromatic heterocycles. The molecule has 0 aliphatic carbocycles. The van der Waals surface area contributed by atoms with Gasteiger partial charge in [-0.05, 0) is 17.5 Å². The molecule has 3 N–H and O–H groups in total. The number of rotatable bonds is 4. The van der Waals surface area contributed by atoms with Crippen LogP contribution >= 0.6 is 12.4 Å². The van der Waals surface area contributed by atoms with E-state index in [1.54, 1.807) is 0 Å². The van der Waals surface area contributed by atoms with Crippen molar-refractivity contribution in [2.75, 3.05) is 0 Å². The summed E-state index contributed by atoms with van der Waals surface area (Å²) >= 11 is 0. The standard InChI is InChI=1S/C10H13NO2.ClH/c11-7-9-3-1-2-8(6-9)4-5-10(12)13;/h1-3,6H,4-5,7,11H2,(H,12,13);1H. The zero-order chi connectivity index (χ0) is 9.68. The SMILES string of the molecule is Cl.NCc1cccc(CCC(=O)O)c1. The summed E-state index contributed by atoms with van der Waals surface area (Å²) in [4.78, 5) is 10.3. The molecule has 0 bridgehead atoms. The summed E-state index contributed by atoms with van der Waals surface area (Å²) in [5.74, 6) is -0.766. The number of hydrogen-bond acceptors (Lipinski definition) is 2. The Kier molecular flexibility index (Phi) is 5.92. The van der Waals surface area contributed by atoms with Crippen molar-refractivity contribution in [1.29, 1.82) is 0 Å². The lowest BCUT2D eigenvalue weighted by molar-refractivity contribution is -0.136. The van der Waals surface area contributed by atoms with Gasteiger partial charge in [0.25, 0.3) is 0 Å². The van der Waals surface area contributed by atoms with Crippen molar-refractivity contribution in [3.8, 4) is 0 Å². The lowest BCUT2D eigenvalue weighted by atomic mass is 10.1. The van der Waals surface area contributed by atoms with E-state index in [2.05, 4.69) is 0 Å². The van der Waals surface area contributed by atoms with Gasteiger partial charge in [-0.15, -0.1) is 12.4 Å². The van der Waals surface area contributed by atoms with Crippen LogP contribution in [0.4, 0.5) is 0 Å². The van der Waals surface area contributed by atoms with Gasteiger partial charge >= 0.3 is 5.97 Å². The van der Waals surface area contributed by atoms with Crippen molar-refractivity contribution < 1.29 is 9.90 Å². The molecule has 0 spiro atoms. The molecule has 0 atom stereocenters. The van der Waals surface area contributed by atoms with E-state index in [9.17, 15) is 4.79 Å². The summed E-state index contributed by atoms with van der Waals surface area (Å²) in [7, 11) is 0. The smallest absolute Gasteiger partial charge is 0.303 e. The molecule has 1 aromatic carbocycles. The maximum Gasteiger partial charge on any atom is 0.303 e. The van der Waals surface area contributed by atoms with Gasteiger partial charge in [0, 0.05) is 13.0 Å². The molecular formula is C10H14ClNO2. The minimum atomic E-state index is -0.766. The Balaban J connectivity index is 0.00000169. The van der Waals surface area contributed by atoms with Crippen LogP contribution in [0.5, 0.6) is 0 Å². The number of nitrogens with two attached hydrogens (primary N) is 1. The first-order chi connectivity index (χ1) is 6.22. The number of halogens is 1. The Bertz CT molecular complexity index is 302. The number of aryl methyl sites for hydroxylation is 1. The number of carboxylic acids is 1. The molecule has 14 heavy (non-hydrogen) atoms. The van der Waals surface area contributed by atoms with E-state index >= 15 is 0 Å². The van der Waals surface area contributed by atoms with Crippen LogP contribution in [-0.2, 0) is 17.8 Å². The predicted molar refractivity (Wildman–Crippen MR) is 57.5 cm³/mol. The topological polar surface area (TPSA) is 63.3 Å². The molecule has 0 radical (unpaired) electrons. The highest BCUT2D eigenvalue weighted by Gasteiger charge is 1.99. The van der Waals surface area contributed by atoms with Crippen LogP contribution in [0.3, 0.4) is 0 Å². The molecule has 0 heterocycles. The molecule has 0 amide bonds. The molecule has 4 heteroatoms. The lowest BCUT2D eigenvalue weighted by Crippen LogP contribution is -2.00. The number of carboxylic acid groups (broad SMARTS) is 1. The fourth-order valence-electron chi connectivity index (χ4n) is 1.16. The fourth-order valence-corrected chi connectivity index (χ4v) is 1.16. The molecule has 1 aromatic rings. The van der Waals surface area contributed by atoms with Crippen molar-refractivity contribution in [2.45, 2.75) is 19.4 Å². The van der Waals surface area contributed by atoms with Gasteiger partial charge in [0.05, 0.1) is 0 Å². The zero-order valence-electron chi connectivity index (χ0n) is 7.77. The summed E-state index contributed by atoms with van der Waals surface area (Å²) < 4.78 is 0. The first-order valence-corrected chi connectivity index (χ1v) is 4.22. The molecule has 0 saturated carbocycles. The Morgan fingerprint density at radius 1 is 1.36 bits per heavy atom. The van der Waals surface area contributed by atoms with Gasteiger partial charge < -0.3 is 10.8 Å². The van der Waals surface area contributed by atoms with Crippen LogP contribution < -0.4 is 5.73 Å². The van der Waals surface area contributed by atoms with Gasteiger partial charge in [0.15, 0.2) is 0 Å². The number of aliphatic carboxylic acids is 1. The monoisotopic (exact) mass is 215 g/mol. The molecular weight excluding hydrogens is 202 g/mol. The number of benzene rings is 1. The van der Waals surface area contributed by atoms with Crippen LogP contribution in [-0.4, -0.2) is 11.1 Å².